The van der Waals surface area contributed by atoms with Crippen molar-refractivity contribution in [3.63, 3.8) is 0 Å². The Hall–Kier alpha value is -0.0800. The van der Waals surface area contributed by atoms with Crippen LogP contribution in [0.1, 0.15) is 72.1 Å². The molecule has 2 unspecified atom stereocenters. The van der Waals surface area contributed by atoms with E-state index in [2.05, 4.69) is 26.1 Å². The van der Waals surface area contributed by atoms with Crippen molar-refractivity contribution in [3.8, 4) is 0 Å². The van der Waals surface area contributed by atoms with Crippen LogP contribution in [-0.4, -0.2) is 25.3 Å². The third-order valence-electron chi connectivity index (χ3n) is 4.81. The van der Waals surface area contributed by atoms with Gasteiger partial charge in [0.05, 0.1) is 5.60 Å². The van der Waals surface area contributed by atoms with Crippen LogP contribution in [0.15, 0.2) is 0 Å². The zero-order valence-electron chi connectivity index (χ0n) is 12.9. The van der Waals surface area contributed by atoms with Crippen LogP contribution in [0.5, 0.6) is 0 Å². The molecule has 0 amide bonds. The molecule has 0 heterocycles. The molecule has 0 aromatic heterocycles. The molecule has 1 N–H and O–H groups in total. The summed E-state index contributed by atoms with van der Waals surface area (Å²) >= 11 is 0. The first-order valence-corrected chi connectivity index (χ1v) is 7.96. The Morgan fingerprint density at radius 1 is 1.17 bits per heavy atom. The summed E-state index contributed by atoms with van der Waals surface area (Å²) < 4.78 is 5.88. The molecule has 2 heteroatoms. The number of ether oxygens (including phenoxy) is 1. The average Bonchev–Trinajstić information content (AvgIpc) is 2.68. The smallest absolute Gasteiger partial charge is 0.0803 e. The number of hydrogen-bond donors (Lipinski definition) is 1. The van der Waals surface area contributed by atoms with Gasteiger partial charge in [-0.3, -0.25) is 0 Å². The first-order chi connectivity index (χ1) is 8.68. The second-order valence-corrected chi connectivity index (χ2v) is 6.05. The largest absolute Gasteiger partial charge is 0.377 e. The fourth-order valence-electron chi connectivity index (χ4n) is 3.32. The summed E-state index contributed by atoms with van der Waals surface area (Å²) in [5.74, 6) is 0.795. The first-order valence-electron chi connectivity index (χ1n) is 7.96. The molecule has 0 saturated heterocycles. The second-order valence-electron chi connectivity index (χ2n) is 6.05. The lowest BCUT2D eigenvalue weighted by Crippen LogP contribution is -2.54. The van der Waals surface area contributed by atoms with Gasteiger partial charge in [-0.1, -0.05) is 39.5 Å². The minimum Gasteiger partial charge on any atom is -0.377 e. The number of rotatable bonds is 7. The van der Waals surface area contributed by atoms with E-state index in [-0.39, 0.29) is 5.60 Å². The van der Waals surface area contributed by atoms with Gasteiger partial charge >= 0.3 is 0 Å². The molecule has 1 saturated carbocycles. The van der Waals surface area contributed by atoms with Crippen LogP contribution in [0.2, 0.25) is 0 Å². The summed E-state index contributed by atoms with van der Waals surface area (Å²) in [6.45, 7) is 7.89. The fraction of sp³-hybridized carbons (Fsp3) is 1.00. The summed E-state index contributed by atoms with van der Waals surface area (Å²) in [4.78, 5) is 0. The van der Waals surface area contributed by atoms with Crippen molar-refractivity contribution in [1.82, 2.24) is 5.32 Å². The van der Waals surface area contributed by atoms with E-state index in [4.69, 9.17) is 4.74 Å². The van der Waals surface area contributed by atoms with E-state index in [9.17, 15) is 0 Å². The average molecular weight is 255 g/mol. The predicted molar refractivity (Wildman–Crippen MR) is 79.0 cm³/mol. The van der Waals surface area contributed by atoms with Crippen molar-refractivity contribution >= 4 is 0 Å². The van der Waals surface area contributed by atoms with Crippen molar-refractivity contribution in [2.24, 2.45) is 5.92 Å². The number of nitrogens with one attached hydrogen (secondary N) is 1. The van der Waals surface area contributed by atoms with Gasteiger partial charge in [-0.05, 0) is 45.1 Å². The highest BCUT2D eigenvalue weighted by Gasteiger charge is 2.37. The van der Waals surface area contributed by atoms with Gasteiger partial charge in [-0.15, -0.1) is 0 Å². The highest BCUT2D eigenvalue weighted by Crippen LogP contribution is 2.33. The van der Waals surface area contributed by atoms with Crippen LogP contribution in [0.25, 0.3) is 0 Å². The summed E-state index contributed by atoms with van der Waals surface area (Å²) in [6, 6.07) is 0.519. The third kappa shape index (κ3) is 4.24. The van der Waals surface area contributed by atoms with Gasteiger partial charge in [0.1, 0.15) is 0 Å². The normalized spacial score (nSPS) is 23.3. The van der Waals surface area contributed by atoms with Crippen molar-refractivity contribution in [1.29, 1.82) is 0 Å². The van der Waals surface area contributed by atoms with E-state index in [1.54, 1.807) is 0 Å². The molecule has 2 atom stereocenters. The second kappa shape index (κ2) is 8.16. The van der Waals surface area contributed by atoms with Gasteiger partial charge in [0.2, 0.25) is 0 Å². The van der Waals surface area contributed by atoms with Crippen LogP contribution in [0.3, 0.4) is 0 Å². The van der Waals surface area contributed by atoms with Crippen molar-refractivity contribution in [2.75, 3.05) is 13.7 Å². The molecule has 0 aromatic rings. The zero-order valence-corrected chi connectivity index (χ0v) is 12.9. The molecule has 0 aliphatic heterocycles. The Bertz CT molecular complexity index is 205. The molecule has 0 bridgehead atoms. The monoisotopic (exact) mass is 255 g/mol. The minimum absolute atomic E-state index is 0.00975. The molecular formula is C16H33NO. The van der Waals surface area contributed by atoms with Gasteiger partial charge < -0.3 is 10.1 Å². The SMILES string of the molecule is CCCNC(C1CCCCCC1)C(C)(CC)OC. The highest BCUT2D eigenvalue weighted by molar-refractivity contribution is 4.93. The van der Waals surface area contributed by atoms with E-state index in [0.29, 0.717) is 6.04 Å². The molecule has 0 radical (unpaired) electrons. The lowest BCUT2D eigenvalue weighted by atomic mass is 9.80. The summed E-state index contributed by atoms with van der Waals surface area (Å²) in [5, 5.41) is 3.78. The van der Waals surface area contributed by atoms with Crippen LogP contribution in [0.4, 0.5) is 0 Å². The number of hydrogen-bond acceptors (Lipinski definition) is 2. The maximum Gasteiger partial charge on any atom is 0.0803 e. The van der Waals surface area contributed by atoms with Gasteiger partial charge in [0, 0.05) is 13.2 Å². The van der Waals surface area contributed by atoms with E-state index in [1.165, 1.54) is 44.9 Å². The Morgan fingerprint density at radius 2 is 1.78 bits per heavy atom. The van der Waals surface area contributed by atoms with Crippen molar-refractivity contribution < 1.29 is 4.74 Å². The molecule has 18 heavy (non-hydrogen) atoms. The highest BCUT2D eigenvalue weighted by atomic mass is 16.5. The Morgan fingerprint density at radius 3 is 2.22 bits per heavy atom. The van der Waals surface area contributed by atoms with Gasteiger partial charge in [0.15, 0.2) is 0 Å². The Labute approximate surface area is 114 Å². The molecule has 1 aliphatic carbocycles. The minimum atomic E-state index is -0.00975. The molecule has 1 aliphatic rings. The standard InChI is InChI=1S/C16H33NO/c1-5-13-17-15(16(3,6-2)18-4)14-11-9-7-8-10-12-14/h14-15,17H,5-13H2,1-4H3. The first kappa shape index (κ1) is 16.0. The van der Waals surface area contributed by atoms with E-state index in [1.807, 2.05) is 7.11 Å². The topological polar surface area (TPSA) is 21.3 Å². The fourth-order valence-corrected chi connectivity index (χ4v) is 3.32. The van der Waals surface area contributed by atoms with E-state index >= 15 is 0 Å². The lowest BCUT2D eigenvalue weighted by Gasteiger charge is -2.41. The van der Waals surface area contributed by atoms with E-state index in [0.717, 1.165) is 18.9 Å². The summed E-state index contributed by atoms with van der Waals surface area (Å²) in [7, 11) is 1.88. The predicted octanol–water partition coefficient (Wildman–Crippen LogP) is 4.14. The molecular weight excluding hydrogens is 222 g/mol. The maximum atomic E-state index is 5.88. The molecule has 2 nitrogen and oxygen atoms in total. The summed E-state index contributed by atoms with van der Waals surface area (Å²) in [6.07, 6.45) is 10.7. The van der Waals surface area contributed by atoms with Crippen LogP contribution in [-0.2, 0) is 4.74 Å². The Balaban J connectivity index is 2.74. The van der Waals surface area contributed by atoms with Gasteiger partial charge in [0.25, 0.3) is 0 Å². The molecule has 0 aromatic carbocycles. The zero-order chi connectivity index (χ0) is 13.4. The van der Waals surface area contributed by atoms with Gasteiger partial charge in [-0.25, -0.2) is 0 Å². The van der Waals surface area contributed by atoms with Crippen molar-refractivity contribution in [3.05, 3.63) is 0 Å². The van der Waals surface area contributed by atoms with E-state index < -0.39 is 0 Å². The maximum absolute atomic E-state index is 5.88. The van der Waals surface area contributed by atoms with Crippen LogP contribution < -0.4 is 5.32 Å². The van der Waals surface area contributed by atoms with Gasteiger partial charge in [-0.2, -0.15) is 0 Å². The third-order valence-corrected chi connectivity index (χ3v) is 4.81. The molecule has 1 rings (SSSR count). The lowest BCUT2D eigenvalue weighted by molar-refractivity contribution is -0.0473. The number of methoxy groups -OCH3 is 1. The Kier molecular flexibility index (Phi) is 7.25. The molecule has 1 fully saturated rings. The quantitative estimate of drug-likeness (QED) is 0.690. The van der Waals surface area contributed by atoms with Crippen LogP contribution in [0, 0.1) is 5.92 Å². The molecule has 108 valence electrons. The molecule has 0 spiro atoms. The van der Waals surface area contributed by atoms with Crippen LogP contribution >= 0.6 is 0 Å². The van der Waals surface area contributed by atoms with Crippen molar-refractivity contribution in [2.45, 2.75) is 83.8 Å². The summed E-state index contributed by atoms with van der Waals surface area (Å²) in [5.41, 5.74) is -0.00975.